The molecule has 2 aromatic rings. The maximum Gasteiger partial charge on any atom is 2.00 e. The van der Waals surface area contributed by atoms with Gasteiger partial charge in [0.15, 0.2) is 5.78 Å². The van der Waals surface area contributed by atoms with Gasteiger partial charge in [-0.05, 0) is 43.7 Å². The fraction of sp³-hybridized carbons (Fsp3) is 0.571. The van der Waals surface area contributed by atoms with Crippen LogP contribution in [0.5, 0.6) is 0 Å². The number of carbonyl (C=O) groups is 2. The molecule has 0 N–H and O–H groups in total. The number of ketones is 2. The summed E-state index contributed by atoms with van der Waals surface area (Å²) in [4.78, 5) is 22.3. The minimum atomic E-state index is 0. The van der Waals surface area contributed by atoms with Crippen LogP contribution in [0.4, 0.5) is 0 Å². The first kappa shape index (κ1) is 45.3. The van der Waals surface area contributed by atoms with Crippen LogP contribution in [0.3, 0.4) is 0 Å². The summed E-state index contributed by atoms with van der Waals surface area (Å²) < 4.78 is 1.03. The fourth-order valence-corrected chi connectivity index (χ4v) is 4.43. The molecule has 2 nitrogen and oxygen atoms in total. The van der Waals surface area contributed by atoms with Gasteiger partial charge in [0.25, 0.3) is 0 Å². The summed E-state index contributed by atoms with van der Waals surface area (Å²) in [6.45, 7) is 20.7. The normalized spacial score (nSPS) is 10.2. The van der Waals surface area contributed by atoms with Crippen LogP contribution in [0.2, 0.25) is 0 Å². The average molecular weight is 828 g/mol. The molecule has 0 fully saturated rings. The largest absolute Gasteiger partial charge is 2.00 e. The van der Waals surface area contributed by atoms with Crippen molar-refractivity contribution in [2.45, 2.75) is 121 Å². The van der Waals surface area contributed by atoms with Gasteiger partial charge in [0, 0.05) is 22.4 Å². The maximum absolute atomic E-state index is 11.2. The molecule has 0 amide bonds. The second kappa shape index (κ2) is 28.8. The van der Waals surface area contributed by atoms with Gasteiger partial charge in [-0.25, -0.2) is 0 Å². The molecule has 39 heavy (non-hydrogen) atoms. The third-order valence-electron chi connectivity index (χ3n) is 6.48. The van der Waals surface area contributed by atoms with Crippen LogP contribution in [0.1, 0.15) is 127 Å². The minimum Gasteiger partial charge on any atom is -0.358 e. The van der Waals surface area contributed by atoms with E-state index in [1.54, 1.807) is 6.92 Å². The summed E-state index contributed by atoms with van der Waals surface area (Å²) in [5.41, 5.74) is 4.41. The third-order valence-corrected chi connectivity index (χ3v) is 7.22. The van der Waals surface area contributed by atoms with E-state index in [1.165, 1.54) is 30.4 Å². The van der Waals surface area contributed by atoms with E-state index in [0.29, 0.717) is 11.7 Å². The molecule has 220 valence electrons. The quantitative estimate of drug-likeness (QED) is 0.177. The van der Waals surface area contributed by atoms with Crippen molar-refractivity contribution in [1.82, 2.24) is 0 Å². The third kappa shape index (κ3) is 22.7. The molecule has 0 aliphatic heterocycles. The van der Waals surface area contributed by atoms with E-state index in [2.05, 4.69) is 75.7 Å². The number of hydrogen-bond donors (Lipinski definition) is 0. The molecule has 2 rings (SSSR count). The van der Waals surface area contributed by atoms with Crippen LogP contribution in [-0.2, 0) is 11.2 Å². The van der Waals surface area contributed by atoms with Gasteiger partial charge in [0.2, 0.25) is 0 Å². The van der Waals surface area contributed by atoms with Crippen molar-refractivity contribution < 1.29 is 40.7 Å². The number of carbonyl (C=O) groups excluding carboxylic acids is 2. The van der Waals surface area contributed by atoms with Crippen LogP contribution in [0, 0.1) is 70.3 Å². The van der Waals surface area contributed by atoms with Crippen molar-refractivity contribution in [3.63, 3.8) is 0 Å². The van der Waals surface area contributed by atoms with E-state index in [-0.39, 0.29) is 44.3 Å². The first-order valence-corrected chi connectivity index (χ1v) is 15.1. The summed E-state index contributed by atoms with van der Waals surface area (Å²) in [5.74, 6) is 1.85. The van der Waals surface area contributed by atoms with Crippen molar-refractivity contribution in [2.75, 3.05) is 0 Å². The van der Waals surface area contributed by atoms with E-state index >= 15 is 0 Å². The molecule has 4 heteroatoms. The fourth-order valence-electron chi connectivity index (χ4n) is 3.78. The van der Waals surface area contributed by atoms with Crippen LogP contribution < -0.4 is 0 Å². The number of halogens is 1. The van der Waals surface area contributed by atoms with E-state index < -0.39 is 0 Å². The Hall–Kier alpha value is -0.688. The van der Waals surface area contributed by atoms with Gasteiger partial charge < -0.3 is 7.43 Å². The second-order valence-corrected chi connectivity index (χ2v) is 10.6. The molecule has 1 unspecified atom stereocenters. The van der Waals surface area contributed by atoms with E-state index in [1.807, 2.05) is 45.0 Å². The monoisotopic (exact) mass is 826 g/mol. The first-order chi connectivity index (χ1) is 17.5. The van der Waals surface area contributed by atoms with Crippen molar-refractivity contribution in [1.29, 1.82) is 0 Å². The molecular weight excluding hydrogens is 770 g/mol. The molecule has 0 heterocycles. The molecule has 0 bridgehead atoms. The Morgan fingerprint density at radius 2 is 1.46 bits per heavy atom. The molecule has 1 atom stereocenters. The van der Waals surface area contributed by atoms with Crippen molar-refractivity contribution in [2.24, 2.45) is 11.8 Å². The molecule has 0 spiro atoms. The predicted molar refractivity (Wildman–Crippen MR) is 173 cm³/mol. The Bertz CT molecular complexity index is 831. The Morgan fingerprint density at radius 3 is 1.77 bits per heavy atom. The predicted octanol–water partition coefficient (Wildman–Crippen LogP) is 11.4. The zero-order valence-electron chi connectivity index (χ0n) is 27.0. The molecular formula is C35H57BrO2U. The molecule has 2 aromatic carbocycles. The Morgan fingerprint density at radius 1 is 0.897 bits per heavy atom. The molecule has 0 saturated heterocycles. The molecule has 0 aliphatic carbocycles. The summed E-state index contributed by atoms with van der Waals surface area (Å²) in [6.07, 6.45) is 8.88. The van der Waals surface area contributed by atoms with Crippen LogP contribution in [0.25, 0.3) is 0 Å². The molecule has 0 aliphatic rings. The van der Waals surface area contributed by atoms with E-state index in [0.717, 1.165) is 53.6 Å². The van der Waals surface area contributed by atoms with Gasteiger partial charge in [0.05, 0.1) is 0 Å². The van der Waals surface area contributed by atoms with Crippen molar-refractivity contribution in [3.05, 3.63) is 76.6 Å². The number of Topliss-reactive ketones (excluding diaryl/α,β-unsaturated/α-hetero) is 2. The van der Waals surface area contributed by atoms with Crippen LogP contribution in [-0.4, -0.2) is 11.6 Å². The summed E-state index contributed by atoms with van der Waals surface area (Å²) >= 11 is 3.42. The second-order valence-electron chi connectivity index (χ2n) is 9.72. The van der Waals surface area contributed by atoms with Gasteiger partial charge in [-0.2, -0.15) is 35.4 Å². The SMILES string of the molecule is CCC(CC)CC.CCCC(=O)C(C)CCC.CCc1c(Br)cccc1C(C)=O.Cc1[c-]cc(C)cc1.[CH3-].[U+2]. The smallest absolute Gasteiger partial charge is 0.358 e. The first-order valence-electron chi connectivity index (χ1n) is 14.3. The minimum absolute atomic E-state index is 0. The summed E-state index contributed by atoms with van der Waals surface area (Å²) in [5, 5.41) is 0. The standard InChI is InChI=1S/C10H11BrO.C9H18O.C8H9.C7H16.CH3.U/c1-3-8-9(7(2)12)5-4-6-10(8)11;1-4-6-8(3)9(10)7-5-2;1-7-3-5-8(2)6-4-7;1-4-7(5-2)6-3;;/h4-6H,3H2,1-2H3;8H,4-7H2,1-3H3;3-5H,1-2H3;7H,4-6H2,1-3H3;1H3;/q;;-1;;-1;+2. The zero-order valence-corrected chi connectivity index (χ0v) is 32.7. The van der Waals surface area contributed by atoms with Gasteiger partial charge in [-0.1, -0.05) is 116 Å². The van der Waals surface area contributed by atoms with Crippen molar-refractivity contribution in [3.8, 4) is 0 Å². The average Bonchev–Trinajstić information content (AvgIpc) is 2.88. The molecule has 0 radical (unpaired) electrons. The van der Waals surface area contributed by atoms with Crippen LogP contribution >= 0.6 is 15.9 Å². The van der Waals surface area contributed by atoms with Gasteiger partial charge in [-0.15, -0.1) is 0 Å². The van der Waals surface area contributed by atoms with E-state index in [4.69, 9.17) is 0 Å². The van der Waals surface area contributed by atoms with Gasteiger partial charge in [-0.3, -0.25) is 9.59 Å². The molecule has 0 aromatic heterocycles. The number of rotatable bonds is 10. The Labute approximate surface area is 275 Å². The van der Waals surface area contributed by atoms with Gasteiger partial charge >= 0.3 is 31.1 Å². The summed E-state index contributed by atoms with van der Waals surface area (Å²) in [6, 6.07) is 15.0. The molecule has 0 saturated carbocycles. The topological polar surface area (TPSA) is 34.1 Å². The maximum atomic E-state index is 11.2. The Balaban J connectivity index is -0.000000210. The zero-order chi connectivity index (χ0) is 28.8. The van der Waals surface area contributed by atoms with Gasteiger partial charge in [0.1, 0.15) is 5.78 Å². The van der Waals surface area contributed by atoms with E-state index in [9.17, 15) is 9.59 Å². The van der Waals surface area contributed by atoms with Crippen LogP contribution in [0.15, 0.2) is 40.9 Å². The number of hydrogen-bond acceptors (Lipinski definition) is 2. The van der Waals surface area contributed by atoms with Crippen molar-refractivity contribution >= 4 is 27.5 Å². The Kier molecular flexibility index (Phi) is 33.5. The summed E-state index contributed by atoms with van der Waals surface area (Å²) in [7, 11) is 0. The number of benzene rings is 2. The number of aryl methyl sites for hydroxylation is 2.